The number of halogens is 3. The zero-order valence-electron chi connectivity index (χ0n) is 9.76. The summed E-state index contributed by atoms with van der Waals surface area (Å²) in [5.41, 5.74) is 1.09. The molecule has 0 amide bonds. The van der Waals surface area contributed by atoms with Crippen molar-refractivity contribution in [3.05, 3.63) is 33.8 Å². The van der Waals surface area contributed by atoms with Crippen molar-refractivity contribution in [1.29, 1.82) is 0 Å². The standard InChI is InChI=1S/C12H16BrCl2NO/c1-17-7-6-16(5-4-13)9-10-2-3-11(14)8-12(10)15/h2-3,8H,4-7,9H2,1H3. The number of hydrogen-bond acceptors (Lipinski definition) is 2. The first-order chi connectivity index (χ1) is 8.17. The summed E-state index contributed by atoms with van der Waals surface area (Å²) in [4.78, 5) is 2.29. The fraction of sp³-hybridized carbons (Fsp3) is 0.500. The number of rotatable bonds is 7. The molecule has 1 aromatic carbocycles. The Hall–Kier alpha value is 0.200. The Morgan fingerprint density at radius 3 is 2.65 bits per heavy atom. The smallest absolute Gasteiger partial charge is 0.0589 e. The maximum Gasteiger partial charge on any atom is 0.0589 e. The van der Waals surface area contributed by atoms with Crippen LogP contribution in [0.2, 0.25) is 10.0 Å². The van der Waals surface area contributed by atoms with Crippen molar-refractivity contribution >= 4 is 39.1 Å². The minimum Gasteiger partial charge on any atom is -0.383 e. The number of alkyl halides is 1. The molecule has 0 atom stereocenters. The lowest BCUT2D eigenvalue weighted by molar-refractivity contribution is 0.148. The first kappa shape index (κ1) is 15.3. The first-order valence-electron chi connectivity index (χ1n) is 5.38. The van der Waals surface area contributed by atoms with Crippen LogP contribution in [0.1, 0.15) is 5.56 Å². The van der Waals surface area contributed by atoms with E-state index < -0.39 is 0 Å². The molecular formula is C12H16BrCl2NO. The average molecular weight is 341 g/mol. The molecule has 17 heavy (non-hydrogen) atoms. The van der Waals surface area contributed by atoms with Gasteiger partial charge in [-0.05, 0) is 17.7 Å². The van der Waals surface area contributed by atoms with Crippen molar-refractivity contribution in [2.45, 2.75) is 6.54 Å². The van der Waals surface area contributed by atoms with E-state index in [0.717, 1.165) is 42.2 Å². The molecule has 0 radical (unpaired) electrons. The molecule has 0 N–H and O–H groups in total. The van der Waals surface area contributed by atoms with Gasteiger partial charge in [0, 0.05) is 42.1 Å². The van der Waals surface area contributed by atoms with E-state index in [1.165, 1.54) is 0 Å². The van der Waals surface area contributed by atoms with Crippen LogP contribution in [0.4, 0.5) is 0 Å². The molecule has 1 rings (SSSR count). The first-order valence-corrected chi connectivity index (χ1v) is 7.26. The molecule has 5 heteroatoms. The summed E-state index contributed by atoms with van der Waals surface area (Å²) >= 11 is 15.5. The van der Waals surface area contributed by atoms with Gasteiger partial charge >= 0.3 is 0 Å². The molecule has 0 aliphatic rings. The second-order valence-electron chi connectivity index (χ2n) is 3.69. The van der Waals surface area contributed by atoms with Gasteiger partial charge in [-0.25, -0.2) is 0 Å². The molecule has 0 saturated heterocycles. The molecule has 0 aliphatic carbocycles. The van der Waals surface area contributed by atoms with Crippen molar-refractivity contribution in [2.75, 3.05) is 32.1 Å². The quantitative estimate of drug-likeness (QED) is 0.699. The van der Waals surface area contributed by atoms with Crippen molar-refractivity contribution in [3.63, 3.8) is 0 Å². The Kier molecular flexibility index (Phi) is 7.47. The lowest BCUT2D eigenvalue weighted by atomic mass is 10.2. The van der Waals surface area contributed by atoms with Gasteiger partial charge in [-0.1, -0.05) is 45.2 Å². The van der Waals surface area contributed by atoms with E-state index in [2.05, 4.69) is 20.8 Å². The second kappa shape index (κ2) is 8.33. The van der Waals surface area contributed by atoms with Gasteiger partial charge < -0.3 is 4.74 Å². The van der Waals surface area contributed by atoms with Gasteiger partial charge in [-0.15, -0.1) is 0 Å². The van der Waals surface area contributed by atoms with Gasteiger partial charge in [0.2, 0.25) is 0 Å². The van der Waals surface area contributed by atoms with E-state index >= 15 is 0 Å². The van der Waals surface area contributed by atoms with Gasteiger partial charge in [-0.2, -0.15) is 0 Å². The molecule has 0 bridgehead atoms. The fourth-order valence-corrected chi connectivity index (χ4v) is 2.47. The summed E-state index contributed by atoms with van der Waals surface area (Å²) in [6.45, 7) is 3.38. The number of hydrogen-bond donors (Lipinski definition) is 0. The van der Waals surface area contributed by atoms with Gasteiger partial charge in [0.15, 0.2) is 0 Å². The van der Waals surface area contributed by atoms with Crippen LogP contribution in [-0.2, 0) is 11.3 Å². The van der Waals surface area contributed by atoms with Crippen molar-refractivity contribution in [1.82, 2.24) is 4.90 Å². The fourth-order valence-electron chi connectivity index (χ4n) is 1.50. The van der Waals surface area contributed by atoms with Crippen molar-refractivity contribution < 1.29 is 4.74 Å². The minimum absolute atomic E-state index is 0.669. The Morgan fingerprint density at radius 1 is 1.29 bits per heavy atom. The molecule has 2 nitrogen and oxygen atoms in total. The van der Waals surface area contributed by atoms with E-state index in [-0.39, 0.29) is 0 Å². The largest absolute Gasteiger partial charge is 0.383 e. The molecule has 0 spiro atoms. The lowest BCUT2D eigenvalue weighted by Crippen LogP contribution is -2.28. The third-order valence-corrected chi connectivity index (χ3v) is 3.36. The normalized spacial score (nSPS) is 11.1. The molecule has 0 saturated carbocycles. The van der Waals surface area contributed by atoms with E-state index in [0.29, 0.717) is 5.02 Å². The zero-order valence-corrected chi connectivity index (χ0v) is 12.9. The Morgan fingerprint density at radius 2 is 2.06 bits per heavy atom. The number of benzene rings is 1. The zero-order chi connectivity index (χ0) is 12.7. The third-order valence-electron chi connectivity index (χ3n) is 2.42. The predicted molar refractivity (Wildman–Crippen MR) is 77.4 cm³/mol. The number of methoxy groups -OCH3 is 1. The summed E-state index contributed by atoms with van der Waals surface area (Å²) in [6.07, 6.45) is 0. The van der Waals surface area contributed by atoms with Crippen LogP contribution in [0.3, 0.4) is 0 Å². The summed E-state index contributed by atoms with van der Waals surface area (Å²) < 4.78 is 5.09. The highest BCUT2D eigenvalue weighted by molar-refractivity contribution is 9.09. The van der Waals surface area contributed by atoms with E-state index in [1.54, 1.807) is 13.2 Å². The average Bonchev–Trinajstić information content (AvgIpc) is 2.29. The van der Waals surface area contributed by atoms with Gasteiger partial charge in [-0.3, -0.25) is 4.90 Å². The van der Waals surface area contributed by atoms with Crippen LogP contribution in [0, 0.1) is 0 Å². The monoisotopic (exact) mass is 339 g/mol. The summed E-state index contributed by atoms with van der Waals surface area (Å²) in [5.74, 6) is 0. The minimum atomic E-state index is 0.669. The Balaban J connectivity index is 2.64. The topological polar surface area (TPSA) is 12.5 Å². The maximum atomic E-state index is 6.15. The summed E-state index contributed by atoms with van der Waals surface area (Å²) in [7, 11) is 1.71. The summed E-state index contributed by atoms with van der Waals surface area (Å²) in [6, 6.07) is 5.62. The van der Waals surface area contributed by atoms with Gasteiger partial charge in [0.05, 0.1) is 6.61 Å². The van der Waals surface area contributed by atoms with Gasteiger partial charge in [0.25, 0.3) is 0 Å². The Labute approximate surface area is 121 Å². The molecule has 0 fully saturated rings. The van der Waals surface area contributed by atoms with E-state index in [9.17, 15) is 0 Å². The van der Waals surface area contributed by atoms with Crippen LogP contribution in [-0.4, -0.2) is 37.0 Å². The van der Waals surface area contributed by atoms with Crippen molar-refractivity contribution in [3.8, 4) is 0 Å². The van der Waals surface area contributed by atoms with Gasteiger partial charge in [0.1, 0.15) is 0 Å². The summed E-state index contributed by atoms with van der Waals surface area (Å²) in [5, 5.41) is 2.32. The molecular weight excluding hydrogens is 325 g/mol. The third kappa shape index (κ3) is 5.58. The Bertz CT molecular complexity index is 349. The molecule has 96 valence electrons. The number of nitrogens with zero attached hydrogens (tertiary/aromatic N) is 1. The molecule has 0 unspecified atom stereocenters. The molecule has 1 aromatic rings. The van der Waals surface area contributed by atoms with E-state index in [1.807, 2.05) is 12.1 Å². The highest BCUT2D eigenvalue weighted by Crippen LogP contribution is 2.22. The van der Waals surface area contributed by atoms with E-state index in [4.69, 9.17) is 27.9 Å². The van der Waals surface area contributed by atoms with Crippen LogP contribution >= 0.6 is 39.1 Å². The lowest BCUT2D eigenvalue weighted by Gasteiger charge is -2.21. The number of ether oxygens (including phenoxy) is 1. The van der Waals surface area contributed by atoms with Crippen LogP contribution in [0.15, 0.2) is 18.2 Å². The van der Waals surface area contributed by atoms with Crippen molar-refractivity contribution in [2.24, 2.45) is 0 Å². The highest BCUT2D eigenvalue weighted by atomic mass is 79.9. The maximum absolute atomic E-state index is 6.15. The van der Waals surface area contributed by atoms with Crippen LogP contribution in [0.5, 0.6) is 0 Å². The van der Waals surface area contributed by atoms with Crippen LogP contribution in [0.25, 0.3) is 0 Å². The molecule has 0 aromatic heterocycles. The van der Waals surface area contributed by atoms with Crippen LogP contribution < -0.4 is 0 Å². The molecule has 0 aliphatic heterocycles. The SMILES string of the molecule is COCCN(CCBr)Cc1ccc(Cl)cc1Cl. The highest BCUT2D eigenvalue weighted by Gasteiger charge is 2.08. The predicted octanol–water partition coefficient (Wildman–Crippen LogP) is 3.84. The second-order valence-corrected chi connectivity index (χ2v) is 5.33. The molecule has 0 heterocycles.